The first-order valence-electron chi connectivity index (χ1n) is 6.80. The van der Waals surface area contributed by atoms with Crippen molar-refractivity contribution in [1.29, 1.82) is 0 Å². The first-order chi connectivity index (χ1) is 9.51. The largest absolute Gasteiger partial charge is 0.383 e. The molecule has 5 heteroatoms. The molecule has 0 aliphatic rings. The van der Waals surface area contributed by atoms with Crippen molar-refractivity contribution >= 4 is 21.6 Å². The lowest BCUT2D eigenvalue weighted by Crippen LogP contribution is -2.38. The zero-order valence-electron chi connectivity index (χ0n) is 12.7. The van der Waals surface area contributed by atoms with E-state index >= 15 is 0 Å². The molecule has 20 heavy (non-hydrogen) atoms. The van der Waals surface area contributed by atoms with E-state index in [9.17, 15) is 0 Å². The average molecular weight is 345 g/mol. The monoisotopic (exact) mass is 344 g/mol. The maximum Gasteiger partial charge on any atom is 0.0663 e. The predicted octanol–water partition coefficient (Wildman–Crippen LogP) is 2.96. The van der Waals surface area contributed by atoms with Crippen LogP contribution in [0.1, 0.15) is 25.5 Å². The second-order valence-corrected chi connectivity index (χ2v) is 5.84. The maximum atomic E-state index is 5.92. The number of ether oxygens (including phenoxy) is 2. The normalized spacial score (nSPS) is 14.1. The van der Waals surface area contributed by atoms with Crippen LogP contribution in [0.2, 0.25) is 0 Å². The van der Waals surface area contributed by atoms with Gasteiger partial charge in [-0.15, -0.1) is 0 Å². The van der Waals surface area contributed by atoms with Gasteiger partial charge in [0.25, 0.3) is 0 Å². The summed E-state index contributed by atoms with van der Waals surface area (Å²) in [6.45, 7) is 6.29. The second-order valence-electron chi connectivity index (χ2n) is 4.99. The fraction of sp³-hybridized carbons (Fsp3) is 0.600. The number of anilines is 1. The smallest absolute Gasteiger partial charge is 0.0663 e. The van der Waals surface area contributed by atoms with Crippen molar-refractivity contribution in [2.75, 3.05) is 38.9 Å². The van der Waals surface area contributed by atoms with Crippen LogP contribution in [-0.4, -0.2) is 40.0 Å². The molecule has 2 N–H and O–H groups in total. The molecule has 114 valence electrons. The molecule has 0 amide bonds. The molecule has 0 aliphatic heterocycles. The Hall–Kier alpha value is -0.620. The number of methoxy groups -OCH3 is 2. The summed E-state index contributed by atoms with van der Waals surface area (Å²) < 4.78 is 11.5. The van der Waals surface area contributed by atoms with Crippen LogP contribution in [0, 0.1) is 0 Å². The van der Waals surface area contributed by atoms with Gasteiger partial charge in [0.1, 0.15) is 0 Å². The number of nitrogens with two attached hydrogens (primary N) is 1. The molecule has 1 rings (SSSR count). The summed E-state index contributed by atoms with van der Waals surface area (Å²) in [5, 5.41) is 0. The molecule has 1 aromatic rings. The Morgan fingerprint density at radius 3 is 2.45 bits per heavy atom. The zero-order valence-corrected chi connectivity index (χ0v) is 14.3. The van der Waals surface area contributed by atoms with Crippen LogP contribution >= 0.6 is 15.9 Å². The van der Waals surface area contributed by atoms with Crippen LogP contribution in [0.25, 0.3) is 0 Å². The lowest BCUT2D eigenvalue weighted by molar-refractivity contribution is 0.171. The van der Waals surface area contributed by atoms with Crippen molar-refractivity contribution < 1.29 is 9.47 Å². The first-order valence-corrected chi connectivity index (χ1v) is 7.60. The maximum absolute atomic E-state index is 5.92. The fourth-order valence-electron chi connectivity index (χ4n) is 2.14. The third-order valence-corrected chi connectivity index (χ3v) is 3.92. The van der Waals surface area contributed by atoms with Crippen LogP contribution in [0.5, 0.6) is 0 Å². The molecule has 0 heterocycles. The molecular formula is C15H25BrN2O2. The molecule has 0 saturated carbocycles. The van der Waals surface area contributed by atoms with E-state index in [4.69, 9.17) is 15.2 Å². The van der Waals surface area contributed by atoms with Crippen molar-refractivity contribution in [3.63, 3.8) is 0 Å². The zero-order chi connectivity index (χ0) is 15.1. The van der Waals surface area contributed by atoms with Crippen molar-refractivity contribution in [3.8, 4) is 0 Å². The minimum atomic E-state index is 0.0316. The Balaban J connectivity index is 3.00. The molecule has 1 aromatic carbocycles. The highest BCUT2D eigenvalue weighted by Crippen LogP contribution is 2.30. The van der Waals surface area contributed by atoms with Crippen LogP contribution < -0.4 is 10.6 Å². The van der Waals surface area contributed by atoms with E-state index in [0.29, 0.717) is 13.2 Å². The van der Waals surface area contributed by atoms with Gasteiger partial charge in [-0.3, -0.25) is 0 Å². The van der Waals surface area contributed by atoms with E-state index in [2.05, 4.69) is 46.0 Å². The highest BCUT2D eigenvalue weighted by molar-refractivity contribution is 9.10. The third-order valence-electron chi connectivity index (χ3n) is 3.28. The van der Waals surface area contributed by atoms with Crippen molar-refractivity contribution in [3.05, 3.63) is 28.2 Å². The Morgan fingerprint density at radius 1 is 1.25 bits per heavy atom. The van der Waals surface area contributed by atoms with Crippen LogP contribution in [0.4, 0.5) is 5.69 Å². The van der Waals surface area contributed by atoms with Crippen LogP contribution in [0.15, 0.2) is 22.7 Å². The Bertz CT molecular complexity index is 413. The van der Waals surface area contributed by atoms with Gasteiger partial charge in [-0.1, -0.05) is 6.07 Å². The van der Waals surface area contributed by atoms with Crippen LogP contribution in [0.3, 0.4) is 0 Å². The number of hydrogen-bond acceptors (Lipinski definition) is 4. The van der Waals surface area contributed by atoms with Gasteiger partial charge in [0.2, 0.25) is 0 Å². The van der Waals surface area contributed by atoms with Gasteiger partial charge >= 0.3 is 0 Å². The second kappa shape index (κ2) is 8.62. The molecule has 0 spiro atoms. The third kappa shape index (κ3) is 4.74. The van der Waals surface area contributed by atoms with Gasteiger partial charge in [-0.05, 0) is 47.5 Å². The summed E-state index contributed by atoms with van der Waals surface area (Å²) in [5.74, 6) is 0. The lowest BCUT2D eigenvalue weighted by Gasteiger charge is -2.32. The first kappa shape index (κ1) is 17.4. The minimum absolute atomic E-state index is 0.0316. The van der Waals surface area contributed by atoms with Crippen LogP contribution in [-0.2, 0) is 9.47 Å². The predicted molar refractivity (Wildman–Crippen MR) is 87.3 cm³/mol. The van der Waals surface area contributed by atoms with E-state index in [1.165, 1.54) is 0 Å². The van der Waals surface area contributed by atoms with Gasteiger partial charge in [0, 0.05) is 37.3 Å². The van der Waals surface area contributed by atoms with Crippen molar-refractivity contribution in [1.82, 2.24) is 0 Å². The number of nitrogens with zero attached hydrogens (tertiary/aromatic N) is 1. The molecule has 4 nitrogen and oxygen atoms in total. The molecule has 0 aromatic heterocycles. The molecule has 0 bridgehead atoms. The molecule has 0 aliphatic carbocycles. The highest BCUT2D eigenvalue weighted by atomic mass is 79.9. The van der Waals surface area contributed by atoms with Gasteiger partial charge < -0.3 is 20.1 Å². The van der Waals surface area contributed by atoms with E-state index in [-0.39, 0.29) is 12.1 Å². The van der Waals surface area contributed by atoms with E-state index in [1.807, 2.05) is 6.92 Å². The topological polar surface area (TPSA) is 47.7 Å². The average Bonchev–Trinajstić information content (AvgIpc) is 2.40. The Labute approximate surface area is 130 Å². The van der Waals surface area contributed by atoms with E-state index < -0.39 is 0 Å². The highest BCUT2D eigenvalue weighted by Gasteiger charge is 2.17. The molecule has 0 radical (unpaired) electrons. The Kier molecular flexibility index (Phi) is 7.51. The van der Waals surface area contributed by atoms with Gasteiger partial charge in [-0.25, -0.2) is 0 Å². The molecular weight excluding hydrogens is 320 g/mol. The summed E-state index contributed by atoms with van der Waals surface area (Å²) in [6.07, 6.45) is 0. The number of benzene rings is 1. The quantitative estimate of drug-likeness (QED) is 0.787. The SMILES string of the molecule is COCCN(c1ccc([C@@H](C)N)cc1Br)C(C)COC. The van der Waals surface area contributed by atoms with Crippen molar-refractivity contribution in [2.45, 2.75) is 25.9 Å². The molecule has 1 unspecified atom stereocenters. The standard InChI is InChI=1S/C15H25BrN2O2/c1-11(10-20-4)18(7-8-19-3)15-6-5-13(12(2)17)9-14(15)16/h5-6,9,11-12H,7-8,10,17H2,1-4H3/t11?,12-/m1/s1. The molecule has 2 atom stereocenters. The fourth-order valence-corrected chi connectivity index (χ4v) is 2.76. The van der Waals surface area contributed by atoms with Gasteiger partial charge in [-0.2, -0.15) is 0 Å². The van der Waals surface area contributed by atoms with Gasteiger partial charge in [0.15, 0.2) is 0 Å². The number of hydrogen-bond donors (Lipinski definition) is 1. The summed E-state index contributed by atoms with van der Waals surface area (Å²) in [7, 11) is 3.44. The summed E-state index contributed by atoms with van der Waals surface area (Å²) in [5.41, 5.74) is 8.17. The van der Waals surface area contributed by atoms with Crippen molar-refractivity contribution in [2.24, 2.45) is 5.73 Å². The Morgan fingerprint density at radius 2 is 1.95 bits per heavy atom. The minimum Gasteiger partial charge on any atom is -0.383 e. The number of rotatable bonds is 8. The summed E-state index contributed by atoms with van der Waals surface area (Å²) in [6, 6.07) is 6.56. The number of halogens is 1. The molecule has 0 saturated heterocycles. The van der Waals surface area contributed by atoms with E-state index in [1.54, 1.807) is 14.2 Å². The van der Waals surface area contributed by atoms with E-state index in [0.717, 1.165) is 22.3 Å². The summed E-state index contributed by atoms with van der Waals surface area (Å²) >= 11 is 3.65. The molecule has 0 fully saturated rings. The lowest BCUT2D eigenvalue weighted by atomic mass is 10.1. The summed E-state index contributed by atoms with van der Waals surface area (Å²) in [4.78, 5) is 2.28. The van der Waals surface area contributed by atoms with Gasteiger partial charge in [0.05, 0.1) is 18.9 Å².